The number of nitro groups is 1. The van der Waals surface area contributed by atoms with Crippen molar-refractivity contribution in [3.05, 3.63) is 57.6 Å². The van der Waals surface area contributed by atoms with Crippen LogP contribution in [0.1, 0.15) is 36.9 Å². The number of non-ortho nitro benzene ring substituents is 1. The number of nitrogens with one attached hydrogen (secondary N) is 1. The lowest BCUT2D eigenvalue weighted by Gasteiger charge is -2.24. The second kappa shape index (κ2) is 10.1. The molecule has 0 spiro atoms. The van der Waals surface area contributed by atoms with E-state index < -0.39 is 14.9 Å². The van der Waals surface area contributed by atoms with Gasteiger partial charge in [-0.05, 0) is 43.5 Å². The SMILES string of the molecule is Cc1ccc([N+](=O)[O-])cc1N(CCCC(=O)NC(C)c1ccc2c(c1)OCCO2)S(C)(=O)=O. The van der Waals surface area contributed by atoms with Gasteiger partial charge in [0, 0.05) is 25.1 Å². The molecule has 1 aliphatic rings. The zero-order valence-electron chi connectivity index (χ0n) is 18.7. The molecule has 1 heterocycles. The molecule has 10 nitrogen and oxygen atoms in total. The Morgan fingerprint density at radius 1 is 1.18 bits per heavy atom. The van der Waals surface area contributed by atoms with Gasteiger partial charge in [0.1, 0.15) is 13.2 Å². The van der Waals surface area contributed by atoms with Gasteiger partial charge in [-0.15, -0.1) is 0 Å². The van der Waals surface area contributed by atoms with E-state index in [2.05, 4.69) is 5.32 Å². The molecule has 0 bridgehead atoms. The van der Waals surface area contributed by atoms with Crippen LogP contribution in [0, 0.1) is 17.0 Å². The summed E-state index contributed by atoms with van der Waals surface area (Å²) in [6.07, 6.45) is 1.37. The van der Waals surface area contributed by atoms with E-state index in [1.165, 1.54) is 18.2 Å². The number of hydrogen-bond acceptors (Lipinski definition) is 7. The van der Waals surface area contributed by atoms with Crippen molar-refractivity contribution < 1.29 is 27.6 Å². The highest BCUT2D eigenvalue weighted by atomic mass is 32.2. The Labute approximate surface area is 192 Å². The first-order valence-corrected chi connectivity index (χ1v) is 12.3. The third-order valence-electron chi connectivity index (χ3n) is 5.28. The molecular weight excluding hydrogens is 450 g/mol. The van der Waals surface area contributed by atoms with Crippen molar-refractivity contribution in [3.8, 4) is 11.5 Å². The van der Waals surface area contributed by atoms with E-state index >= 15 is 0 Å². The monoisotopic (exact) mass is 477 g/mol. The molecular formula is C22H27N3O7S. The number of amides is 1. The number of nitro benzene ring substituents is 1. The highest BCUT2D eigenvalue weighted by molar-refractivity contribution is 7.92. The van der Waals surface area contributed by atoms with E-state index in [1.807, 2.05) is 19.1 Å². The highest BCUT2D eigenvalue weighted by Crippen LogP contribution is 2.32. The first-order valence-electron chi connectivity index (χ1n) is 10.5. The molecule has 0 aliphatic carbocycles. The highest BCUT2D eigenvalue weighted by Gasteiger charge is 2.22. The van der Waals surface area contributed by atoms with Gasteiger partial charge in [0.25, 0.3) is 5.69 Å². The molecule has 2 aromatic rings. The maximum Gasteiger partial charge on any atom is 0.271 e. The summed E-state index contributed by atoms with van der Waals surface area (Å²) in [4.78, 5) is 23.0. The lowest BCUT2D eigenvalue weighted by Crippen LogP contribution is -2.33. The van der Waals surface area contributed by atoms with Gasteiger partial charge in [0.2, 0.25) is 15.9 Å². The molecule has 0 aromatic heterocycles. The summed E-state index contributed by atoms with van der Waals surface area (Å²) in [7, 11) is -3.70. The summed E-state index contributed by atoms with van der Waals surface area (Å²) in [5, 5.41) is 14.0. The molecule has 1 atom stereocenters. The van der Waals surface area contributed by atoms with Crippen molar-refractivity contribution >= 4 is 27.3 Å². The molecule has 0 radical (unpaired) electrons. The summed E-state index contributed by atoms with van der Waals surface area (Å²) in [5.41, 5.74) is 1.48. The lowest BCUT2D eigenvalue weighted by atomic mass is 10.1. The van der Waals surface area contributed by atoms with Crippen molar-refractivity contribution in [2.75, 3.05) is 30.3 Å². The van der Waals surface area contributed by atoms with Crippen LogP contribution in [0.2, 0.25) is 0 Å². The van der Waals surface area contributed by atoms with Crippen LogP contribution in [-0.4, -0.2) is 45.3 Å². The third-order valence-corrected chi connectivity index (χ3v) is 6.46. The smallest absolute Gasteiger partial charge is 0.271 e. The summed E-state index contributed by atoms with van der Waals surface area (Å²) < 4.78 is 36.9. The summed E-state index contributed by atoms with van der Waals surface area (Å²) in [5.74, 6) is 1.07. The van der Waals surface area contributed by atoms with Crippen LogP contribution in [-0.2, 0) is 14.8 Å². The molecule has 33 heavy (non-hydrogen) atoms. The van der Waals surface area contributed by atoms with Gasteiger partial charge < -0.3 is 14.8 Å². The molecule has 0 fully saturated rings. The number of anilines is 1. The van der Waals surface area contributed by atoms with Crippen LogP contribution in [0.4, 0.5) is 11.4 Å². The average molecular weight is 478 g/mol. The molecule has 1 amide bonds. The van der Waals surface area contributed by atoms with Gasteiger partial charge >= 0.3 is 0 Å². The second-order valence-corrected chi connectivity index (χ2v) is 9.77. The number of ether oxygens (including phenoxy) is 2. The molecule has 1 aliphatic heterocycles. The summed E-state index contributed by atoms with van der Waals surface area (Å²) >= 11 is 0. The van der Waals surface area contributed by atoms with Crippen molar-refractivity contribution in [2.24, 2.45) is 0 Å². The lowest BCUT2D eigenvalue weighted by molar-refractivity contribution is -0.384. The van der Waals surface area contributed by atoms with Crippen LogP contribution in [0.5, 0.6) is 11.5 Å². The Kier molecular flexibility index (Phi) is 7.42. The predicted octanol–water partition coefficient (Wildman–Crippen LogP) is 3.10. The Bertz CT molecular complexity index is 1150. The average Bonchev–Trinajstić information content (AvgIpc) is 2.76. The molecule has 11 heteroatoms. The topological polar surface area (TPSA) is 128 Å². The van der Waals surface area contributed by atoms with Crippen LogP contribution in [0.25, 0.3) is 0 Å². The minimum atomic E-state index is -3.70. The number of fused-ring (bicyclic) bond motifs is 1. The number of carbonyl (C=O) groups excluding carboxylic acids is 1. The quantitative estimate of drug-likeness (QED) is 0.434. The number of sulfonamides is 1. The molecule has 1 N–H and O–H groups in total. The minimum absolute atomic E-state index is 0.0205. The number of nitrogens with zero attached hydrogens (tertiary/aromatic N) is 2. The Morgan fingerprint density at radius 3 is 2.55 bits per heavy atom. The Hall–Kier alpha value is -3.34. The standard InChI is InChI=1S/C22H27N3O7S/c1-15-6-8-18(25(27)28)14-19(15)24(33(3,29)30)10-4-5-22(26)23-16(2)17-7-9-20-21(13-17)32-12-11-31-20/h6-9,13-14,16H,4-5,10-12H2,1-3H3,(H,23,26). The fourth-order valence-corrected chi connectivity index (χ4v) is 4.57. The Balaban J connectivity index is 1.62. The number of benzene rings is 2. The molecule has 0 saturated heterocycles. The first kappa shape index (κ1) is 24.3. The van der Waals surface area contributed by atoms with E-state index in [9.17, 15) is 23.3 Å². The fourth-order valence-electron chi connectivity index (χ4n) is 3.55. The normalized spacial score (nSPS) is 13.8. The van der Waals surface area contributed by atoms with Gasteiger partial charge in [-0.25, -0.2) is 8.42 Å². The zero-order chi connectivity index (χ0) is 24.2. The molecule has 2 aromatic carbocycles. The van der Waals surface area contributed by atoms with E-state index in [-0.39, 0.29) is 42.7 Å². The van der Waals surface area contributed by atoms with Gasteiger partial charge in [0.05, 0.1) is 22.9 Å². The van der Waals surface area contributed by atoms with Gasteiger partial charge in [-0.1, -0.05) is 12.1 Å². The molecule has 0 saturated carbocycles. The first-order chi connectivity index (χ1) is 15.6. The zero-order valence-corrected chi connectivity index (χ0v) is 19.6. The van der Waals surface area contributed by atoms with Gasteiger partial charge in [0.15, 0.2) is 11.5 Å². The molecule has 3 rings (SSSR count). The Morgan fingerprint density at radius 2 is 1.88 bits per heavy atom. The predicted molar refractivity (Wildman–Crippen MR) is 123 cm³/mol. The maximum atomic E-state index is 12.5. The van der Waals surface area contributed by atoms with Gasteiger partial charge in [-0.2, -0.15) is 0 Å². The van der Waals surface area contributed by atoms with E-state index in [4.69, 9.17) is 9.47 Å². The van der Waals surface area contributed by atoms with Crippen molar-refractivity contribution in [1.82, 2.24) is 5.32 Å². The van der Waals surface area contributed by atoms with Crippen molar-refractivity contribution in [1.29, 1.82) is 0 Å². The molecule has 178 valence electrons. The van der Waals surface area contributed by atoms with Crippen LogP contribution in [0.3, 0.4) is 0 Å². The fraction of sp³-hybridized carbons (Fsp3) is 0.409. The van der Waals surface area contributed by atoms with E-state index in [0.717, 1.165) is 16.1 Å². The van der Waals surface area contributed by atoms with Crippen LogP contribution < -0.4 is 19.1 Å². The number of rotatable bonds is 9. The van der Waals surface area contributed by atoms with Crippen LogP contribution in [0.15, 0.2) is 36.4 Å². The molecule has 1 unspecified atom stereocenters. The van der Waals surface area contributed by atoms with E-state index in [0.29, 0.717) is 30.3 Å². The summed E-state index contributed by atoms with van der Waals surface area (Å²) in [6.45, 7) is 4.52. The number of carbonyl (C=O) groups is 1. The summed E-state index contributed by atoms with van der Waals surface area (Å²) in [6, 6.07) is 9.28. The largest absolute Gasteiger partial charge is 0.486 e. The van der Waals surface area contributed by atoms with E-state index in [1.54, 1.807) is 13.0 Å². The second-order valence-electron chi connectivity index (χ2n) is 7.86. The van der Waals surface area contributed by atoms with Crippen molar-refractivity contribution in [3.63, 3.8) is 0 Å². The number of aryl methyl sites for hydroxylation is 1. The third kappa shape index (κ3) is 6.13. The van der Waals surface area contributed by atoms with Crippen molar-refractivity contribution in [2.45, 2.75) is 32.7 Å². The maximum absolute atomic E-state index is 12.5. The number of hydrogen-bond donors (Lipinski definition) is 1. The van der Waals surface area contributed by atoms with Crippen LogP contribution >= 0.6 is 0 Å². The van der Waals surface area contributed by atoms with Gasteiger partial charge in [-0.3, -0.25) is 19.2 Å². The minimum Gasteiger partial charge on any atom is -0.486 e.